The Balaban J connectivity index is 1.56. The highest BCUT2D eigenvalue weighted by Crippen LogP contribution is 2.38. The Morgan fingerprint density at radius 1 is 1.00 bits per heavy atom. The average Bonchev–Trinajstić information content (AvgIpc) is 3.35. The fraction of sp³-hybridized carbons (Fsp3) is 0.265. The van der Waals surface area contributed by atoms with Crippen LogP contribution in [0.25, 0.3) is 6.08 Å². The second-order valence-corrected chi connectivity index (χ2v) is 11.5. The van der Waals surface area contributed by atoms with Crippen LogP contribution in [-0.2, 0) is 16.1 Å². The summed E-state index contributed by atoms with van der Waals surface area (Å²) < 4.78 is 30.1. The number of halogens is 1. The summed E-state index contributed by atoms with van der Waals surface area (Å²) in [5.41, 5.74) is 3.28. The molecule has 0 amide bonds. The number of ether oxygens (including phenoxy) is 5. The van der Waals surface area contributed by atoms with Gasteiger partial charge in [-0.25, -0.2) is 9.79 Å². The zero-order valence-corrected chi connectivity index (χ0v) is 27.2. The maximum Gasteiger partial charge on any atom is 0.337 e. The number of hydrogen-bond donors (Lipinski definition) is 0. The van der Waals surface area contributed by atoms with Crippen LogP contribution in [0.2, 0.25) is 5.02 Å². The summed E-state index contributed by atoms with van der Waals surface area (Å²) in [4.78, 5) is 31.7. The van der Waals surface area contributed by atoms with Crippen LogP contribution < -0.4 is 33.8 Å². The van der Waals surface area contributed by atoms with Gasteiger partial charge in [-0.05, 0) is 67.8 Å². The third kappa shape index (κ3) is 6.77. The van der Waals surface area contributed by atoms with Gasteiger partial charge >= 0.3 is 5.97 Å². The highest BCUT2D eigenvalue weighted by molar-refractivity contribution is 7.07. The van der Waals surface area contributed by atoms with Gasteiger partial charge in [0.15, 0.2) is 27.8 Å². The Kier molecular flexibility index (Phi) is 9.95. The van der Waals surface area contributed by atoms with Crippen LogP contribution in [0.3, 0.4) is 0 Å². The number of thiazole rings is 1. The van der Waals surface area contributed by atoms with Gasteiger partial charge in [-0.3, -0.25) is 9.36 Å². The number of benzene rings is 3. The molecule has 5 rings (SSSR count). The van der Waals surface area contributed by atoms with Gasteiger partial charge in [-0.15, -0.1) is 0 Å². The minimum Gasteiger partial charge on any atom is -0.493 e. The van der Waals surface area contributed by atoms with E-state index in [1.54, 1.807) is 36.4 Å². The number of hydrogen-bond acceptors (Lipinski definition) is 9. The SMILES string of the molecule is CCOc1ccc([C@@H]2C(C(=O)OC)=CN=c3s/c(=C\c4cc(Cl)c(OCc5cccc(C)c5)c(OC)c4)c(=O)n32)cc1OCC. The predicted molar refractivity (Wildman–Crippen MR) is 173 cm³/mol. The molecule has 0 saturated carbocycles. The number of aromatic nitrogens is 1. The first-order valence-corrected chi connectivity index (χ1v) is 15.5. The van der Waals surface area contributed by atoms with E-state index in [4.69, 9.17) is 35.3 Å². The van der Waals surface area contributed by atoms with E-state index in [0.717, 1.165) is 11.1 Å². The molecule has 0 bridgehead atoms. The Hall–Kier alpha value is -4.54. The van der Waals surface area contributed by atoms with E-state index in [0.29, 0.717) is 68.3 Å². The molecule has 1 aliphatic heterocycles. The molecule has 0 aliphatic carbocycles. The highest BCUT2D eigenvalue weighted by atomic mass is 35.5. The molecule has 0 N–H and O–H groups in total. The lowest BCUT2D eigenvalue weighted by Gasteiger charge is -2.23. The van der Waals surface area contributed by atoms with Crippen molar-refractivity contribution >= 4 is 35.0 Å². The fourth-order valence-electron chi connectivity index (χ4n) is 5.06. The third-order valence-electron chi connectivity index (χ3n) is 7.02. The molecule has 0 radical (unpaired) electrons. The second kappa shape index (κ2) is 14.0. The molecule has 0 fully saturated rings. The number of carbonyl (C=O) groups is 1. The monoisotopic (exact) mass is 648 g/mol. The van der Waals surface area contributed by atoms with Crippen LogP contribution in [0.1, 0.15) is 42.1 Å². The molecule has 0 saturated heterocycles. The predicted octanol–water partition coefficient (Wildman–Crippen LogP) is 5.36. The van der Waals surface area contributed by atoms with Crippen LogP contribution in [0.4, 0.5) is 0 Å². The van der Waals surface area contributed by atoms with Crippen molar-refractivity contribution < 1.29 is 28.5 Å². The number of carbonyl (C=O) groups excluding carboxylic acids is 1. The van der Waals surface area contributed by atoms with Crippen molar-refractivity contribution in [3.63, 3.8) is 0 Å². The summed E-state index contributed by atoms with van der Waals surface area (Å²) in [6, 6.07) is 16.0. The zero-order chi connectivity index (χ0) is 32.1. The molecular formula is C34H33ClN2O7S. The third-order valence-corrected chi connectivity index (χ3v) is 8.30. The molecule has 0 unspecified atom stereocenters. The van der Waals surface area contributed by atoms with Crippen LogP contribution in [0.5, 0.6) is 23.0 Å². The Morgan fingerprint density at radius 3 is 2.49 bits per heavy atom. The van der Waals surface area contributed by atoms with Crippen LogP contribution >= 0.6 is 22.9 Å². The number of methoxy groups -OCH3 is 2. The number of esters is 1. The molecule has 1 atom stereocenters. The molecule has 0 spiro atoms. The molecule has 1 aliphatic rings. The topological polar surface area (TPSA) is 97.6 Å². The number of fused-ring (bicyclic) bond motifs is 1. The molecule has 11 heteroatoms. The first-order chi connectivity index (χ1) is 21.8. The Bertz CT molecular complexity index is 1950. The summed E-state index contributed by atoms with van der Waals surface area (Å²) in [7, 11) is 2.82. The van der Waals surface area contributed by atoms with Gasteiger partial charge in [-0.1, -0.05) is 58.8 Å². The lowest BCUT2D eigenvalue weighted by atomic mass is 9.97. The minimum atomic E-state index is -0.804. The van der Waals surface area contributed by atoms with Crippen molar-refractivity contribution in [1.29, 1.82) is 0 Å². The van der Waals surface area contributed by atoms with Gasteiger partial charge in [0, 0.05) is 6.20 Å². The number of rotatable bonds is 11. The highest BCUT2D eigenvalue weighted by Gasteiger charge is 2.31. The smallest absolute Gasteiger partial charge is 0.337 e. The van der Waals surface area contributed by atoms with Gasteiger partial charge in [0.2, 0.25) is 0 Å². The molecule has 4 aromatic rings. The van der Waals surface area contributed by atoms with Crippen LogP contribution in [0.15, 0.2) is 76.2 Å². The van der Waals surface area contributed by atoms with E-state index < -0.39 is 12.0 Å². The van der Waals surface area contributed by atoms with Crippen molar-refractivity contribution in [2.75, 3.05) is 27.4 Å². The summed E-state index contributed by atoms with van der Waals surface area (Å²) in [5, 5.41) is 0.338. The molecule has 3 aromatic carbocycles. The molecule has 234 valence electrons. The number of nitrogens with zero attached hydrogens (tertiary/aromatic N) is 2. The van der Waals surface area contributed by atoms with E-state index >= 15 is 0 Å². The Morgan fingerprint density at radius 2 is 1.78 bits per heavy atom. The van der Waals surface area contributed by atoms with Crippen molar-refractivity contribution in [3.8, 4) is 23.0 Å². The van der Waals surface area contributed by atoms with Crippen molar-refractivity contribution in [1.82, 2.24) is 4.57 Å². The first-order valence-electron chi connectivity index (χ1n) is 14.3. The van der Waals surface area contributed by atoms with Crippen LogP contribution in [-0.4, -0.2) is 38.0 Å². The normalized spacial score (nSPS) is 14.2. The minimum absolute atomic E-state index is 0.211. The second-order valence-electron chi connectivity index (χ2n) is 10.1. The quantitative estimate of drug-likeness (QED) is 0.202. The summed E-state index contributed by atoms with van der Waals surface area (Å²) >= 11 is 7.86. The standard InChI is InChI=1S/C34H33ClN2O7S/c1-6-42-26-12-11-23(17-27(26)43-7-2)30-24(33(39)41-5)18-36-34-37(30)32(38)29(45-34)16-22-14-25(35)31(28(15-22)40-4)44-19-21-10-8-9-20(3)13-21/h8-18,30H,6-7,19H2,1-5H3/b29-16-/t30-/m1/s1. The maximum absolute atomic E-state index is 14.0. The lowest BCUT2D eigenvalue weighted by Crippen LogP contribution is -2.39. The van der Waals surface area contributed by atoms with Gasteiger partial charge in [0.25, 0.3) is 5.56 Å². The molecule has 45 heavy (non-hydrogen) atoms. The average molecular weight is 649 g/mol. The van der Waals surface area contributed by atoms with E-state index in [9.17, 15) is 9.59 Å². The zero-order valence-electron chi connectivity index (χ0n) is 25.6. The molecular weight excluding hydrogens is 616 g/mol. The maximum atomic E-state index is 14.0. The fourth-order valence-corrected chi connectivity index (χ4v) is 6.30. The van der Waals surface area contributed by atoms with Crippen molar-refractivity contribution in [2.24, 2.45) is 4.99 Å². The number of aryl methyl sites for hydroxylation is 1. The van der Waals surface area contributed by atoms with E-state index in [-0.39, 0.29) is 11.1 Å². The summed E-state index contributed by atoms with van der Waals surface area (Å²) in [6.07, 6.45) is 3.16. The van der Waals surface area contributed by atoms with E-state index in [1.165, 1.54) is 36.3 Å². The van der Waals surface area contributed by atoms with Gasteiger partial charge in [0.1, 0.15) is 6.61 Å². The summed E-state index contributed by atoms with van der Waals surface area (Å²) in [6.45, 7) is 6.95. The Labute approximate surface area is 269 Å². The first kappa shape index (κ1) is 31.9. The lowest BCUT2D eigenvalue weighted by molar-refractivity contribution is -0.136. The van der Waals surface area contributed by atoms with Crippen molar-refractivity contribution in [3.05, 3.63) is 113 Å². The largest absolute Gasteiger partial charge is 0.493 e. The molecule has 1 aromatic heterocycles. The van der Waals surface area contributed by atoms with Gasteiger partial charge in [-0.2, -0.15) is 0 Å². The molecule has 9 nitrogen and oxygen atoms in total. The van der Waals surface area contributed by atoms with Gasteiger partial charge in [0.05, 0.1) is 48.6 Å². The van der Waals surface area contributed by atoms with E-state index in [1.807, 2.05) is 45.0 Å². The van der Waals surface area contributed by atoms with E-state index in [2.05, 4.69) is 4.99 Å². The summed E-state index contributed by atoms with van der Waals surface area (Å²) in [5.74, 6) is 1.31. The van der Waals surface area contributed by atoms with Crippen molar-refractivity contribution in [2.45, 2.75) is 33.4 Å². The van der Waals surface area contributed by atoms with Crippen LogP contribution in [0, 0.1) is 6.92 Å². The van der Waals surface area contributed by atoms with Gasteiger partial charge < -0.3 is 23.7 Å². The molecule has 2 heterocycles.